The van der Waals surface area contributed by atoms with E-state index in [0.29, 0.717) is 0 Å². The van der Waals surface area contributed by atoms with Crippen LogP contribution in [0.5, 0.6) is 0 Å². The first-order chi connectivity index (χ1) is 6.34. The maximum Gasteiger partial charge on any atom is 0.0327 e. The van der Waals surface area contributed by atoms with Crippen LogP contribution in [-0.2, 0) is 6.54 Å². The van der Waals surface area contributed by atoms with Crippen molar-refractivity contribution in [3.63, 3.8) is 0 Å². The molecule has 0 aromatic carbocycles. The Balaban J connectivity index is 2.10. The predicted octanol–water partition coefficient (Wildman–Crippen LogP) is 3.78. The second-order valence-corrected chi connectivity index (χ2v) is 5.41. The Morgan fingerprint density at radius 2 is 2.23 bits per heavy atom. The molecule has 13 heavy (non-hydrogen) atoms. The highest BCUT2D eigenvalue weighted by molar-refractivity contribution is 9.10. The fourth-order valence-electron chi connectivity index (χ4n) is 0.998. The van der Waals surface area contributed by atoms with Gasteiger partial charge in [0.1, 0.15) is 0 Å². The Kier molecular flexibility index (Phi) is 6.28. The molecular weight excluding hydrogens is 314 g/mol. The molecule has 0 amide bonds. The lowest BCUT2D eigenvalue weighted by molar-refractivity contribution is 0.648. The minimum absolute atomic E-state index is 0.987. The first kappa shape index (κ1) is 11.7. The van der Waals surface area contributed by atoms with Gasteiger partial charge in [0, 0.05) is 21.2 Å². The Hall–Kier alpha value is 0.620. The molecule has 0 atom stereocenters. The van der Waals surface area contributed by atoms with Crippen molar-refractivity contribution in [3.8, 4) is 0 Å². The topological polar surface area (TPSA) is 12.0 Å². The van der Waals surface area contributed by atoms with Crippen LogP contribution in [0.4, 0.5) is 0 Å². The summed E-state index contributed by atoms with van der Waals surface area (Å²) >= 11 is 8.73. The maximum absolute atomic E-state index is 3.51. The molecule has 0 saturated carbocycles. The summed E-state index contributed by atoms with van der Waals surface area (Å²) in [6, 6.07) is 2.10. The largest absolute Gasteiger partial charge is 0.312 e. The minimum Gasteiger partial charge on any atom is -0.312 e. The van der Waals surface area contributed by atoms with Crippen LogP contribution in [0.2, 0.25) is 0 Å². The molecule has 0 unspecified atom stereocenters. The number of thiophene rings is 1. The number of hydrogen-bond acceptors (Lipinski definition) is 2. The highest BCUT2D eigenvalue weighted by Gasteiger charge is 1.99. The van der Waals surface area contributed by atoms with Gasteiger partial charge in [-0.1, -0.05) is 15.9 Å². The average Bonchev–Trinajstić information content (AvgIpc) is 2.52. The Morgan fingerprint density at radius 1 is 1.38 bits per heavy atom. The molecule has 1 aromatic heterocycles. The van der Waals surface area contributed by atoms with E-state index in [2.05, 4.69) is 48.6 Å². The lowest BCUT2D eigenvalue weighted by atomic mass is 10.3. The summed E-state index contributed by atoms with van der Waals surface area (Å²) in [5.41, 5.74) is 0. The zero-order valence-corrected chi connectivity index (χ0v) is 11.3. The van der Waals surface area contributed by atoms with Crippen LogP contribution in [0.1, 0.15) is 17.7 Å². The smallest absolute Gasteiger partial charge is 0.0327 e. The molecular formula is C9H13Br2NS. The normalized spacial score (nSPS) is 10.6. The molecule has 1 heterocycles. The molecule has 0 aliphatic heterocycles. The predicted molar refractivity (Wildman–Crippen MR) is 66.8 cm³/mol. The van der Waals surface area contributed by atoms with E-state index in [1.807, 2.05) is 0 Å². The van der Waals surface area contributed by atoms with E-state index < -0.39 is 0 Å². The molecule has 0 saturated heterocycles. The standard InChI is InChI=1S/C9H13Br2NS/c10-4-1-2-5-12-7-9-8(11)3-6-13-9/h3,6,12H,1-2,4-5,7H2. The molecule has 1 rings (SSSR count). The summed E-state index contributed by atoms with van der Waals surface area (Å²) in [5, 5.41) is 6.64. The average molecular weight is 327 g/mol. The molecule has 0 spiro atoms. The lowest BCUT2D eigenvalue weighted by Gasteiger charge is -2.02. The quantitative estimate of drug-likeness (QED) is 0.619. The number of hydrogen-bond donors (Lipinski definition) is 1. The number of nitrogens with one attached hydrogen (secondary N) is 1. The SMILES string of the molecule is BrCCCCNCc1sccc1Br. The van der Waals surface area contributed by atoms with Gasteiger partial charge in [-0.2, -0.15) is 0 Å². The van der Waals surface area contributed by atoms with Crippen LogP contribution >= 0.6 is 43.2 Å². The summed E-state index contributed by atoms with van der Waals surface area (Å²) in [5.74, 6) is 0. The Labute approximate surface area is 100 Å². The number of alkyl halides is 1. The first-order valence-corrected chi connectivity index (χ1v) is 7.12. The van der Waals surface area contributed by atoms with Crippen LogP contribution in [0.25, 0.3) is 0 Å². The molecule has 1 nitrogen and oxygen atoms in total. The molecule has 0 aliphatic carbocycles. The minimum atomic E-state index is 0.987. The second kappa shape index (κ2) is 6.98. The number of unbranched alkanes of at least 4 members (excludes halogenated alkanes) is 1. The van der Waals surface area contributed by atoms with Crippen LogP contribution in [0, 0.1) is 0 Å². The third-order valence-corrected chi connectivity index (χ3v) is 4.20. The zero-order chi connectivity index (χ0) is 9.52. The molecule has 1 aromatic rings. The zero-order valence-electron chi connectivity index (χ0n) is 7.35. The van der Waals surface area contributed by atoms with E-state index in [0.717, 1.165) is 18.4 Å². The van der Waals surface area contributed by atoms with Crippen molar-refractivity contribution < 1.29 is 0 Å². The van der Waals surface area contributed by atoms with Crippen LogP contribution in [0.3, 0.4) is 0 Å². The van der Waals surface area contributed by atoms with Crippen molar-refractivity contribution in [2.75, 3.05) is 11.9 Å². The van der Waals surface area contributed by atoms with Gasteiger partial charge < -0.3 is 5.32 Å². The van der Waals surface area contributed by atoms with Gasteiger partial charge in [-0.05, 0) is 46.8 Å². The van der Waals surface area contributed by atoms with Gasteiger partial charge in [0.25, 0.3) is 0 Å². The molecule has 0 bridgehead atoms. The highest BCUT2D eigenvalue weighted by atomic mass is 79.9. The van der Waals surface area contributed by atoms with Gasteiger partial charge in [-0.25, -0.2) is 0 Å². The lowest BCUT2D eigenvalue weighted by Crippen LogP contribution is -2.14. The van der Waals surface area contributed by atoms with Crippen molar-refractivity contribution in [1.29, 1.82) is 0 Å². The summed E-state index contributed by atoms with van der Waals surface area (Å²) in [4.78, 5) is 1.39. The monoisotopic (exact) mass is 325 g/mol. The molecule has 0 aliphatic rings. The van der Waals surface area contributed by atoms with Crippen LogP contribution < -0.4 is 5.32 Å². The van der Waals surface area contributed by atoms with E-state index in [1.54, 1.807) is 11.3 Å². The number of halogens is 2. The summed E-state index contributed by atoms with van der Waals surface area (Å²) < 4.78 is 1.23. The third-order valence-electron chi connectivity index (χ3n) is 1.71. The third kappa shape index (κ3) is 4.58. The van der Waals surface area contributed by atoms with Crippen molar-refractivity contribution in [2.45, 2.75) is 19.4 Å². The summed E-state index contributed by atoms with van der Waals surface area (Å²) in [6.07, 6.45) is 2.49. The fraction of sp³-hybridized carbons (Fsp3) is 0.556. The van der Waals surface area contributed by atoms with Crippen molar-refractivity contribution in [2.24, 2.45) is 0 Å². The Bertz CT molecular complexity index is 237. The van der Waals surface area contributed by atoms with Crippen LogP contribution in [0.15, 0.2) is 15.9 Å². The molecule has 0 radical (unpaired) electrons. The van der Waals surface area contributed by atoms with Crippen LogP contribution in [-0.4, -0.2) is 11.9 Å². The molecule has 1 N–H and O–H groups in total. The van der Waals surface area contributed by atoms with Gasteiger partial charge in [-0.3, -0.25) is 0 Å². The van der Waals surface area contributed by atoms with Gasteiger partial charge >= 0.3 is 0 Å². The maximum atomic E-state index is 3.51. The van der Waals surface area contributed by atoms with E-state index in [-0.39, 0.29) is 0 Å². The van der Waals surface area contributed by atoms with Gasteiger partial charge in [0.2, 0.25) is 0 Å². The first-order valence-electron chi connectivity index (χ1n) is 4.33. The second-order valence-electron chi connectivity index (χ2n) is 2.76. The summed E-state index contributed by atoms with van der Waals surface area (Å²) in [7, 11) is 0. The number of rotatable bonds is 6. The highest BCUT2D eigenvalue weighted by Crippen LogP contribution is 2.21. The van der Waals surface area contributed by atoms with Crippen molar-refractivity contribution in [1.82, 2.24) is 5.32 Å². The van der Waals surface area contributed by atoms with Gasteiger partial charge in [0.15, 0.2) is 0 Å². The molecule has 4 heteroatoms. The molecule has 74 valence electrons. The van der Waals surface area contributed by atoms with E-state index in [1.165, 1.54) is 22.2 Å². The van der Waals surface area contributed by atoms with Gasteiger partial charge in [-0.15, -0.1) is 11.3 Å². The molecule has 0 fully saturated rings. The van der Waals surface area contributed by atoms with Crippen molar-refractivity contribution >= 4 is 43.2 Å². The van der Waals surface area contributed by atoms with E-state index in [9.17, 15) is 0 Å². The Morgan fingerprint density at radius 3 is 2.85 bits per heavy atom. The van der Waals surface area contributed by atoms with E-state index >= 15 is 0 Å². The van der Waals surface area contributed by atoms with E-state index in [4.69, 9.17) is 0 Å². The van der Waals surface area contributed by atoms with Crippen molar-refractivity contribution in [3.05, 3.63) is 20.8 Å². The fourth-order valence-corrected chi connectivity index (χ4v) is 2.86. The van der Waals surface area contributed by atoms with Gasteiger partial charge in [0.05, 0.1) is 0 Å². The summed E-state index contributed by atoms with van der Waals surface area (Å²) in [6.45, 7) is 2.09.